The third-order valence-corrected chi connectivity index (χ3v) is 5.10. The summed E-state index contributed by atoms with van der Waals surface area (Å²) < 4.78 is 0. The predicted molar refractivity (Wildman–Crippen MR) is 112 cm³/mol. The van der Waals surface area contributed by atoms with Crippen molar-refractivity contribution in [2.24, 2.45) is 5.73 Å². The Labute approximate surface area is 163 Å². The molecule has 0 radical (unpaired) electrons. The molecule has 2 aromatic carbocycles. The number of nitrogens with two attached hydrogens (primary N) is 1. The number of nitrogens with zero attached hydrogens (tertiary/aromatic N) is 2. The van der Waals surface area contributed by atoms with Crippen LogP contribution in [0, 0.1) is 5.41 Å². The fraction of sp³-hybridized carbons (Fsp3) is 0.227. The first kappa shape index (κ1) is 18.0. The molecule has 1 aromatic heterocycles. The van der Waals surface area contributed by atoms with Gasteiger partial charge in [-0.2, -0.15) is 0 Å². The molecule has 1 aliphatic rings. The molecule has 28 heavy (non-hydrogen) atoms. The molecular weight excluding hydrogens is 350 g/mol. The lowest BCUT2D eigenvalue weighted by Crippen LogP contribution is -2.27. The molecule has 1 amide bonds. The van der Waals surface area contributed by atoms with E-state index in [2.05, 4.69) is 10.3 Å². The van der Waals surface area contributed by atoms with Crippen LogP contribution in [0.1, 0.15) is 34.3 Å². The lowest BCUT2D eigenvalue weighted by atomic mass is 10.1. The fourth-order valence-corrected chi connectivity index (χ4v) is 3.58. The number of hydrogen-bond acceptors (Lipinski definition) is 4. The summed E-state index contributed by atoms with van der Waals surface area (Å²) in [6.07, 6.45) is 3.91. The smallest absolute Gasteiger partial charge is 0.253 e. The van der Waals surface area contributed by atoms with E-state index in [-0.39, 0.29) is 11.7 Å². The van der Waals surface area contributed by atoms with E-state index in [1.54, 1.807) is 6.20 Å². The van der Waals surface area contributed by atoms with Crippen molar-refractivity contribution in [1.29, 1.82) is 5.41 Å². The van der Waals surface area contributed by atoms with Crippen molar-refractivity contribution in [2.45, 2.75) is 19.4 Å². The first-order chi connectivity index (χ1) is 13.6. The molecule has 2 heterocycles. The highest BCUT2D eigenvalue weighted by molar-refractivity contribution is 6.00. The number of carbonyl (C=O) groups is 1. The van der Waals surface area contributed by atoms with Crippen LogP contribution in [-0.4, -0.2) is 34.7 Å². The van der Waals surface area contributed by atoms with Gasteiger partial charge in [0.1, 0.15) is 5.84 Å². The summed E-state index contributed by atoms with van der Waals surface area (Å²) >= 11 is 0. The highest BCUT2D eigenvalue weighted by Gasteiger charge is 2.19. The molecule has 1 saturated heterocycles. The number of fused-ring (bicyclic) bond motifs is 1. The Morgan fingerprint density at radius 1 is 1.11 bits per heavy atom. The summed E-state index contributed by atoms with van der Waals surface area (Å²) in [6, 6.07) is 15.3. The minimum atomic E-state index is 0.0615. The van der Waals surface area contributed by atoms with E-state index in [0.717, 1.165) is 48.1 Å². The molecule has 3 aromatic rings. The van der Waals surface area contributed by atoms with Crippen molar-refractivity contribution in [2.75, 3.05) is 18.4 Å². The van der Waals surface area contributed by atoms with Crippen molar-refractivity contribution in [3.63, 3.8) is 0 Å². The Balaban J connectivity index is 1.55. The lowest BCUT2D eigenvalue weighted by molar-refractivity contribution is 0.0793. The van der Waals surface area contributed by atoms with Gasteiger partial charge in [0.2, 0.25) is 0 Å². The summed E-state index contributed by atoms with van der Waals surface area (Å²) in [5.41, 5.74) is 9.77. The average molecular weight is 373 g/mol. The molecule has 0 saturated carbocycles. The van der Waals surface area contributed by atoms with Gasteiger partial charge in [0.15, 0.2) is 0 Å². The molecule has 1 fully saturated rings. The maximum Gasteiger partial charge on any atom is 0.253 e. The minimum absolute atomic E-state index is 0.0615. The minimum Gasteiger partial charge on any atom is -0.384 e. The number of amides is 1. The van der Waals surface area contributed by atoms with Crippen LogP contribution in [0.4, 0.5) is 5.69 Å². The molecule has 142 valence electrons. The topological polar surface area (TPSA) is 95.1 Å². The monoisotopic (exact) mass is 373 g/mol. The molecule has 1 aliphatic heterocycles. The first-order valence-electron chi connectivity index (χ1n) is 9.47. The number of benzene rings is 2. The Kier molecular flexibility index (Phi) is 4.93. The highest BCUT2D eigenvalue weighted by atomic mass is 16.2. The summed E-state index contributed by atoms with van der Waals surface area (Å²) in [5.74, 6) is 0.145. The number of aromatic nitrogens is 1. The Morgan fingerprint density at radius 2 is 1.93 bits per heavy atom. The number of nitrogens with one attached hydrogen (secondary N) is 2. The number of anilines is 1. The Morgan fingerprint density at radius 3 is 2.71 bits per heavy atom. The largest absolute Gasteiger partial charge is 0.384 e. The van der Waals surface area contributed by atoms with Crippen LogP contribution in [-0.2, 0) is 6.54 Å². The maximum absolute atomic E-state index is 12.6. The van der Waals surface area contributed by atoms with Gasteiger partial charge >= 0.3 is 0 Å². The van der Waals surface area contributed by atoms with E-state index in [9.17, 15) is 4.79 Å². The van der Waals surface area contributed by atoms with Gasteiger partial charge in [-0.3, -0.25) is 15.2 Å². The number of likely N-dealkylation sites (tertiary alicyclic amines) is 1. The Bertz CT molecular complexity index is 1040. The quantitative estimate of drug-likeness (QED) is 0.472. The van der Waals surface area contributed by atoms with Gasteiger partial charge in [-0.05, 0) is 48.7 Å². The second-order valence-corrected chi connectivity index (χ2v) is 7.06. The first-order valence-corrected chi connectivity index (χ1v) is 9.47. The number of hydrogen-bond donors (Lipinski definition) is 3. The molecule has 0 unspecified atom stereocenters. The SMILES string of the molecule is N=C(N)c1cccc(CNc2ccnc3cc(C(=O)N4CCCC4)ccc23)c1. The van der Waals surface area contributed by atoms with Gasteiger partial charge in [-0.1, -0.05) is 18.2 Å². The Hall–Kier alpha value is -3.41. The van der Waals surface area contributed by atoms with Gasteiger partial charge in [0.25, 0.3) is 5.91 Å². The summed E-state index contributed by atoms with van der Waals surface area (Å²) in [6.45, 7) is 2.28. The molecular formula is C22H23N5O. The van der Waals surface area contributed by atoms with Crippen LogP contribution in [0.15, 0.2) is 54.7 Å². The zero-order valence-corrected chi connectivity index (χ0v) is 15.6. The average Bonchev–Trinajstić information content (AvgIpc) is 3.26. The number of nitrogen functional groups attached to an aromatic ring is 1. The number of rotatable bonds is 5. The van der Waals surface area contributed by atoms with Crippen LogP contribution in [0.3, 0.4) is 0 Å². The number of amidine groups is 1. The summed E-state index contributed by atoms with van der Waals surface area (Å²) in [5, 5.41) is 12.0. The third kappa shape index (κ3) is 3.67. The van der Waals surface area contributed by atoms with Crippen molar-refractivity contribution in [1.82, 2.24) is 9.88 Å². The van der Waals surface area contributed by atoms with Crippen molar-refractivity contribution < 1.29 is 4.79 Å². The maximum atomic E-state index is 12.6. The van der Waals surface area contributed by atoms with Crippen LogP contribution in [0.2, 0.25) is 0 Å². The highest BCUT2D eigenvalue weighted by Crippen LogP contribution is 2.24. The van der Waals surface area contributed by atoms with E-state index < -0.39 is 0 Å². The number of pyridine rings is 1. The zero-order chi connectivity index (χ0) is 19.5. The van der Waals surface area contributed by atoms with E-state index in [0.29, 0.717) is 17.7 Å². The lowest BCUT2D eigenvalue weighted by Gasteiger charge is -2.16. The molecule has 0 aliphatic carbocycles. The predicted octanol–water partition coefficient (Wildman–Crippen LogP) is 3.37. The molecule has 4 N–H and O–H groups in total. The second kappa shape index (κ2) is 7.68. The summed E-state index contributed by atoms with van der Waals surface area (Å²) in [4.78, 5) is 19.0. The molecule has 0 bridgehead atoms. The van der Waals surface area contributed by atoms with Gasteiger partial charge in [0.05, 0.1) is 5.52 Å². The third-order valence-electron chi connectivity index (χ3n) is 5.10. The van der Waals surface area contributed by atoms with Crippen LogP contribution in [0.25, 0.3) is 10.9 Å². The van der Waals surface area contributed by atoms with Crippen molar-refractivity contribution in [3.8, 4) is 0 Å². The molecule has 0 atom stereocenters. The van der Waals surface area contributed by atoms with Crippen LogP contribution < -0.4 is 11.1 Å². The standard InChI is InChI=1S/C22H23N5O/c23-21(24)16-5-3-4-15(12-16)14-26-19-8-9-25-20-13-17(6-7-18(19)20)22(28)27-10-1-2-11-27/h3-9,12-13H,1-2,10-11,14H2,(H3,23,24)(H,25,26). The van der Waals surface area contributed by atoms with Crippen LogP contribution in [0.5, 0.6) is 0 Å². The van der Waals surface area contributed by atoms with Crippen molar-refractivity contribution >= 4 is 28.3 Å². The van der Waals surface area contributed by atoms with E-state index >= 15 is 0 Å². The normalized spacial score (nSPS) is 13.6. The van der Waals surface area contributed by atoms with Gasteiger partial charge in [0, 0.05) is 48.0 Å². The van der Waals surface area contributed by atoms with Gasteiger partial charge in [-0.15, -0.1) is 0 Å². The molecule has 4 rings (SSSR count). The van der Waals surface area contributed by atoms with Crippen LogP contribution >= 0.6 is 0 Å². The van der Waals surface area contributed by atoms with E-state index in [1.165, 1.54) is 0 Å². The zero-order valence-electron chi connectivity index (χ0n) is 15.6. The number of carbonyl (C=O) groups excluding carboxylic acids is 1. The van der Waals surface area contributed by atoms with E-state index in [1.807, 2.05) is 53.4 Å². The van der Waals surface area contributed by atoms with Gasteiger partial charge < -0.3 is 16.0 Å². The summed E-state index contributed by atoms with van der Waals surface area (Å²) in [7, 11) is 0. The molecule has 0 spiro atoms. The van der Waals surface area contributed by atoms with E-state index in [4.69, 9.17) is 11.1 Å². The molecule has 6 heteroatoms. The van der Waals surface area contributed by atoms with Crippen molar-refractivity contribution in [3.05, 3.63) is 71.4 Å². The molecule has 6 nitrogen and oxygen atoms in total. The fourth-order valence-electron chi connectivity index (χ4n) is 3.58. The van der Waals surface area contributed by atoms with Gasteiger partial charge in [-0.25, -0.2) is 0 Å². The second-order valence-electron chi connectivity index (χ2n) is 7.06.